The van der Waals surface area contributed by atoms with Gasteiger partial charge >= 0.3 is 0 Å². The molecule has 0 aromatic heterocycles. The summed E-state index contributed by atoms with van der Waals surface area (Å²) in [5.74, 6) is -0.213. The first-order chi connectivity index (χ1) is 16.0. The Morgan fingerprint density at radius 1 is 0.636 bits per heavy atom. The quantitative estimate of drug-likeness (QED) is 0.102. The van der Waals surface area contributed by atoms with E-state index in [4.69, 9.17) is 0 Å². The molecule has 0 aliphatic heterocycles. The lowest BCUT2D eigenvalue weighted by Crippen LogP contribution is -2.08. The van der Waals surface area contributed by atoms with Crippen molar-refractivity contribution in [3.8, 4) is 0 Å². The van der Waals surface area contributed by atoms with E-state index in [9.17, 15) is 17.8 Å². The lowest BCUT2D eigenvalue weighted by Gasteiger charge is -2.06. The molecule has 1 aromatic carbocycles. The van der Waals surface area contributed by atoms with Gasteiger partial charge in [-0.1, -0.05) is 141 Å². The lowest BCUT2D eigenvalue weighted by molar-refractivity contribution is 0.0975. The number of hydrogen-bond donors (Lipinski definition) is 1. The van der Waals surface area contributed by atoms with Crippen molar-refractivity contribution < 1.29 is 17.8 Å². The minimum Gasteiger partial charge on any atom is -0.294 e. The fraction of sp³-hybridized carbons (Fsp3) is 0.750. The highest BCUT2D eigenvalue weighted by atomic mass is 32.2. The third-order valence-corrected chi connectivity index (χ3v) is 7.38. The summed E-state index contributed by atoms with van der Waals surface area (Å²) in [6, 6.07) is 5.88. The monoisotopic (exact) mass is 480 g/mol. The molecule has 33 heavy (non-hydrogen) atoms. The Morgan fingerprint density at radius 2 is 1.00 bits per heavy atom. The first-order valence-corrected chi connectivity index (χ1v) is 15.0. The van der Waals surface area contributed by atoms with Crippen molar-refractivity contribution in [3.63, 3.8) is 0 Å². The van der Waals surface area contributed by atoms with Crippen LogP contribution in [-0.2, 0) is 10.1 Å². The molecule has 0 fully saturated rings. The summed E-state index contributed by atoms with van der Waals surface area (Å²) < 4.78 is 32.1. The first-order valence-electron chi connectivity index (χ1n) is 13.6. The molecule has 1 N–H and O–H groups in total. The molecule has 4 nitrogen and oxygen atoms in total. The molecule has 0 aliphatic rings. The number of Topliss-reactive ketones (excluding diaryl/α,β-unsaturated/α-hetero) is 1. The highest BCUT2D eigenvalue weighted by Crippen LogP contribution is 2.19. The number of ketones is 1. The molecular weight excluding hydrogens is 432 g/mol. The van der Waals surface area contributed by atoms with Gasteiger partial charge in [-0.25, -0.2) is 0 Å². The Bertz CT molecular complexity index is 727. The van der Waals surface area contributed by atoms with Crippen molar-refractivity contribution in [2.24, 2.45) is 0 Å². The highest BCUT2D eigenvalue weighted by Gasteiger charge is 2.19. The Hall–Kier alpha value is -1.20. The zero-order valence-electron chi connectivity index (χ0n) is 21.0. The molecule has 0 amide bonds. The SMILES string of the molecule is CCCCCCCCCCCCCCCCCCCCCC(=O)c1ccccc1S(=O)(=O)O. The molecule has 0 unspecified atom stereocenters. The molecule has 0 bridgehead atoms. The smallest absolute Gasteiger partial charge is 0.294 e. The van der Waals surface area contributed by atoms with E-state index >= 15 is 0 Å². The van der Waals surface area contributed by atoms with Gasteiger partial charge in [0.05, 0.1) is 0 Å². The van der Waals surface area contributed by atoms with Crippen molar-refractivity contribution in [3.05, 3.63) is 29.8 Å². The summed E-state index contributed by atoms with van der Waals surface area (Å²) in [4.78, 5) is 12.0. The Labute approximate surface area is 203 Å². The minimum atomic E-state index is -4.36. The van der Waals surface area contributed by atoms with Crippen LogP contribution in [0.25, 0.3) is 0 Å². The van der Waals surface area contributed by atoms with E-state index in [2.05, 4.69) is 6.92 Å². The molecule has 0 radical (unpaired) electrons. The summed E-state index contributed by atoms with van der Waals surface area (Å²) in [6.07, 6.45) is 25.1. The topological polar surface area (TPSA) is 71.4 Å². The van der Waals surface area contributed by atoms with E-state index in [1.807, 2.05) is 0 Å². The fourth-order valence-corrected chi connectivity index (χ4v) is 5.13. The molecule has 1 rings (SSSR count). The number of hydrogen-bond acceptors (Lipinski definition) is 3. The maximum atomic E-state index is 12.3. The number of carbonyl (C=O) groups excluding carboxylic acids is 1. The van der Waals surface area contributed by atoms with Crippen molar-refractivity contribution >= 4 is 15.9 Å². The molecule has 0 heterocycles. The molecular formula is C28H48O4S. The standard InChI is InChI=1S/C28H48O4S/c1-2-3-4-5-6-7-8-9-10-11-12-13-14-15-16-17-18-19-20-24-27(29)26-23-21-22-25-28(26)33(30,31)32/h21-23,25H,2-20,24H2,1H3,(H,30,31,32). The lowest BCUT2D eigenvalue weighted by atomic mass is 10.0. The fourth-order valence-electron chi connectivity index (χ4n) is 4.42. The average Bonchev–Trinajstić information content (AvgIpc) is 2.80. The molecule has 0 saturated heterocycles. The molecule has 1 aromatic rings. The number of unbranched alkanes of at least 4 members (excludes halogenated alkanes) is 18. The van der Waals surface area contributed by atoms with Gasteiger partial charge in [0.2, 0.25) is 0 Å². The Kier molecular flexibility index (Phi) is 17.3. The van der Waals surface area contributed by atoms with Crippen LogP contribution >= 0.6 is 0 Å². The minimum absolute atomic E-state index is 0.0995. The van der Waals surface area contributed by atoms with E-state index in [-0.39, 0.29) is 16.2 Å². The highest BCUT2D eigenvalue weighted by molar-refractivity contribution is 7.86. The van der Waals surface area contributed by atoms with Gasteiger partial charge in [0.1, 0.15) is 4.90 Å². The third kappa shape index (κ3) is 15.3. The number of carbonyl (C=O) groups is 1. The average molecular weight is 481 g/mol. The van der Waals surface area contributed by atoms with Crippen LogP contribution in [0.15, 0.2) is 29.2 Å². The molecule has 0 atom stereocenters. The van der Waals surface area contributed by atoms with Gasteiger partial charge in [-0.2, -0.15) is 8.42 Å². The normalized spacial score (nSPS) is 11.7. The van der Waals surface area contributed by atoms with Gasteiger partial charge < -0.3 is 0 Å². The Balaban J connectivity index is 1.90. The molecule has 0 spiro atoms. The van der Waals surface area contributed by atoms with Crippen LogP contribution in [-0.4, -0.2) is 18.8 Å². The summed E-state index contributed by atoms with van der Waals surface area (Å²) in [6.45, 7) is 2.27. The van der Waals surface area contributed by atoms with Crippen LogP contribution in [0.5, 0.6) is 0 Å². The van der Waals surface area contributed by atoms with Gasteiger partial charge in [0, 0.05) is 12.0 Å². The maximum Gasteiger partial charge on any atom is 0.295 e. The van der Waals surface area contributed by atoms with E-state index in [1.165, 1.54) is 121 Å². The summed E-state index contributed by atoms with van der Waals surface area (Å²) in [5, 5.41) is 0. The van der Waals surface area contributed by atoms with Crippen LogP contribution in [0, 0.1) is 0 Å². The second-order valence-corrected chi connectivity index (χ2v) is 10.9. The van der Waals surface area contributed by atoms with Crippen LogP contribution in [0.1, 0.15) is 146 Å². The first kappa shape index (κ1) is 29.8. The number of rotatable bonds is 22. The van der Waals surface area contributed by atoms with E-state index in [0.717, 1.165) is 19.3 Å². The predicted molar refractivity (Wildman–Crippen MR) is 139 cm³/mol. The van der Waals surface area contributed by atoms with E-state index in [1.54, 1.807) is 6.07 Å². The zero-order chi connectivity index (χ0) is 24.2. The van der Waals surface area contributed by atoms with Crippen molar-refractivity contribution in [1.82, 2.24) is 0 Å². The van der Waals surface area contributed by atoms with Gasteiger partial charge in [-0.05, 0) is 12.5 Å². The summed E-state index contributed by atoms with van der Waals surface area (Å²) >= 11 is 0. The van der Waals surface area contributed by atoms with Gasteiger partial charge in [0.15, 0.2) is 5.78 Å². The van der Waals surface area contributed by atoms with Gasteiger partial charge in [0.25, 0.3) is 10.1 Å². The van der Waals surface area contributed by atoms with Gasteiger partial charge in [-0.3, -0.25) is 9.35 Å². The molecule has 5 heteroatoms. The van der Waals surface area contributed by atoms with E-state index in [0.29, 0.717) is 6.42 Å². The third-order valence-electron chi connectivity index (χ3n) is 6.47. The van der Waals surface area contributed by atoms with Crippen LogP contribution in [0.2, 0.25) is 0 Å². The summed E-state index contributed by atoms with van der Waals surface area (Å²) in [7, 11) is -4.36. The van der Waals surface area contributed by atoms with Crippen molar-refractivity contribution in [2.75, 3.05) is 0 Å². The molecule has 0 saturated carbocycles. The zero-order valence-corrected chi connectivity index (χ0v) is 21.8. The summed E-state index contributed by atoms with van der Waals surface area (Å²) in [5.41, 5.74) is 0.0995. The predicted octanol–water partition coefficient (Wildman–Crippen LogP) is 8.94. The van der Waals surface area contributed by atoms with E-state index < -0.39 is 10.1 Å². The number of benzene rings is 1. The van der Waals surface area contributed by atoms with Crippen LogP contribution in [0.4, 0.5) is 0 Å². The largest absolute Gasteiger partial charge is 0.295 e. The second-order valence-electron chi connectivity index (χ2n) is 9.51. The van der Waals surface area contributed by atoms with Gasteiger partial charge in [-0.15, -0.1) is 0 Å². The maximum absolute atomic E-state index is 12.3. The van der Waals surface area contributed by atoms with Crippen molar-refractivity contribution in [2.45, 2.75) is 140 Å². The van der Waals surface area contributed by atoms with Crippen LogP contribution in [0.3, 0.4) is 0 Å². The Morgan fingerprint density at radius 3 is 1.39 bits per heavy atom. The molecule has 0 aliphatic carbocycles. The van der Waals surface area contributed by atoms with Crippen LogP contribution < -0.4 is 0 Å². The molecule has 190 valence electrons. The van der Waals surface area contributed by atoms with Crippen molar-refractivity contribution in [1.29, 1.82) is 0 Å². The second kappa shape index (κ2) is 19.1.